The highest BCUT2D eigenvalue weighted by Gasteiger charge is 2.36. The summed E-state index contributed by atoms with van der Waals surface area (Å²) in [7, 11) is 0. The first kappa shape index (κ1) is 15.0. The second-order valence-electron chi connectivity index (χ2n) is 5.64. The molecular weight excluding hydrogens is 256 g/mol. The molecule has 20 heavy (non-hydrogen) atoms. The summed E-state index contributed by atoms with van der Waals surface area (Å²) < 4.78 is 5.03. The number of nitrogens with one attached hydrogen (secondary N) is 1. The summed E-state index contributed by atoms with van der Waals surface area (Å²) >= 11 is 0. The monoisotopic (exact) mass is 280 g/mol. The molecule has 1 aromatic rings. The minimum absolute atomic E-state index is 0.0816. The van der Waals surface area contributed by atoms with E-state index in [9.17, 15) is 4.79 Å². The van der Waals surface area contributed by atoms with E-state index in [4.69, 9.17) is 10.3 Å². The van der Waals surface area contributed by atoms with E-state index in [1.54, 1.807) is 6.92 Å². The molecule has 0 radical (unpaired) electrons. The third kappa shape index (κ3) is 3.56. The fraction of sp³-hybridized carbons (Fsp3) is 0.786. The van der Waals surface area contributed by atoms with Crippen LogP contribution in [0.1, 0.15) is 50.2 Å². The lowest BCUT2D eigenvalue weighted by Crippen LogP contribution is -2.46. The van der Waals surface area contributed by atoms with Crippen LogP contribution in [-0.4, -0.2) is 29.1 Å². The van der Waals surface area contributed by atoms with Gasteiger partial charge in [-0.25, -0.2) is 0 Å². The van der Waals surface area contributed by atoms with Gasteiger partial charge in [-0.05, 0) is 19.8 Å². The average Bonchev–Trinajstić information content (AvgIpc) is 2.73. The van der Waals surface area contributed by atoms with Gasteiger partial charge in [0.2, 0.25) is 11.8 Å². The lowest BCUT2D eigenvalue weighted by molar-refractivity contribution is -0.131. The first-order valence-electron chi connectivity index (χ1n) is 7.44. The van der Waals surface area contributed by atoms with Crippen LogP contribution in [0, 0.1) is 12.3 Å². The number of amides is 1. The highest BCUT2D eigenvalue weighted by Crippen LogP contribution is 2.34. The maximum atomic E-state index is 12.4. The summed E-state index contributed by atoms with van der Waals surface area (Å²) in [6.45, 7) is 2.72. The van der Waals surface area contributed by atoms with Crippen LogP contribution in [-0.2, 0) is 11.2 Å². The molecule has 1 amide bonds. The SMILES string of the molecule is Cc1noc(CCNC(=O)C2(CN)CCCCCC2)n1. The fourth-order valence-electron chi connectivity index (χ4n) is 2.84. The Bertz CT molecular complexity index is 436. The summed E-state index contributed by atoms with van der Waals surface area (Å²) in [5, 5.41) is 6.71. The average molecular weight is 280 g/mol. The van der Waals surface area contributed by atoms with Crippen molar-refractivity contribution in [3.05, 3.63) is 11.7 Å². The molecule has 112 valence electrons. The van der Waals surface area contributed by atoms with E-state index in [1.807, 2.05) is 0 Å². The van der Waals surface area contributed by atoms with E-state index in [-0.39, 0.29) is 11.3 Å². The molecule has 0 aromatic carbocycles. The number of nitrogens with two attached hydrogens (primary N) is 1. The van der Waals surface area contributed by atoms with Crippen LogP contribution < -0.4 is 11.1 Å². The van der Waals surface area contributed by atoms with E-state index < -0.39 is 0 Å². The van der Waals surface area contributed by atoms with Gasteiger partial charge in [-0.1, -0.05) is 30.8 Å². The zero-order valence-electron chi connectivity index (χ0n) is 12.2. The van der Waals surface area contributed by atoms with Crippen molar-refractivity contribution in [1.82, 2.24) is 15.5 Å². The molecule has 0 unspecified atom stereocenters. The molecule has 0 saturated heterocycles. The maximum Gasteiger partial charge on any atom is 0.228 e. The van der Waals surface area contributed by atoms with Crippen LogP contribution in [0.2, 0.25) is 0 Å². The molecule has 0 aliphatic heterocycles. The van der Waals surface area contributed by atoms with Gasteiger partial charge in [-0.3, -0.25) is 4.79 Å². The molecule has 6 nitrogen and oxygen atoms in total. The van der Waals surface area contributed by atoms with Crippen LogP contribution in [0.5, 0.6) is 0 Å². The number of rotatable bonds is 5. The topological polar surface area (TPSA) is 94.0 Å². The van der Waals surface area contributed by atoms with Crippen molar-refractivity contribution in [1.29, 1.82) is 0 Å². The molecule has 1 heterocycles. The van der Waals surface area contributed by atoms with E-state index in [0.29, 0.717) is 31.2 Å². The first-order valence-corrected chi connectivity index (χ1v) is 7.44. The van der Waals surface area contributed by atoms with Crippen molar-refractivity contribution in [3.8, 4) is 0 Å². The summed E-state index contributed by atoms with van der Waals surface area (Å²) in [5.74, 6) is 1.26. The summed E-state index contributed by atoms with van der Waals surface area (Å²) in [6.07, 6.45) is 6.95. The van der Waals surface area contributed by atoms with Gasteiger partial charge in [0, 0.05) is 19.5 Å². The Morgan fingerprint density at radius 1 is 1.35 bits per heavy atom. The number of carbonyl (C=O) groups is 1. The number of carbonyl (C=O) groups excluding carboxylic acids is 1. The summed E-state index contributed by atoms with van der Waals surface area (Å²) in [6, 6.07) is 0. The van der Waals surface area contributed by atoms with Gasteiger partial charge in [0.15, 0.2) is 5.82 Å². The van der Waals surface area contributed by atoms with Gasteiger partial charge in [-0.15, -0.1) is 0 Å². The Morgan fingerprint density at radius 3 is 2.60 bits per heavy atom. The lowest BCUT2D eigenvalue weighted by atomic mass is 9.79. The molecule has 1 aliphatic carbocycles. The lowest BCUT2D eigenvalue weighted by Gasteiger charge is -2.29. The first-order chi connectivity index (χ1) is 9.66. The van der Waals surface area contributed by atoms with E-state index in [1.165, 1.54) is 12.8 Å². The predicted octanol–water partition coefficient (Wildman–Crippen LogP) is 1.34. The minimum Gasteiger partial charge on any atom is -0.355 e. The Balaban J connectivity index is 1.85. The van der Waals surface area contributed by atoms with E-state index in [0.717, 1.165) is 25.7 Å². The maximum absolute atomic E-state index is 12.4. The van der Waals surface area contributed by atoms with E-state index >= 15 is 0 Å². The third-order valence-corrected chi connectivity index (χ3v) is 4.13. The van der Waals surface area contributed by atoms with Gasteiger partial charge >= 0.3 is 0 Å². The second-order valence-corrected chi connectivity index (χ2v) is 5.64. The number of hydrogen-bond donors (Lipinski definition) is 2. The van der Waals surface area contributed by atoms with Gasteiger partial charge < -0.3 is 15.6 Å². The van der Waals surface area contributed by atoms with Gasteiger partial charge in [0.1, 0.15) is 0 Å². The Labute approximate surface area is 119 Å². The third-order valence-electron chi connectivity index (χ3n) is 4.13. The van der Waals surface area contributed by atoms with Crippen LogP contribution >= 0.6 is 0 Å². The predicted molar refractivity (Wildman–Crippen MR) is 74.9 cm³/mol. The highest BCUT2D eigenvalue weighted by molar-refractivity contribution is 5.82. The van der Waals surface area contributed by atoms with Crippen molar-refractivity contribution < 1.29 is 9.32 Å². The summed E-state index contributed by atoms with van der Waals surface area (Å²) in [5.41, 5.74) is 5.52. The molecule has 6 heteroatoms. The van der Waals surface area contributed by atoms with Crippen molar-refractivity contribution >= 4 is 5.91 Å². The minimum atomic E-state index is -0.374. The molecule has 1 fully saturated rings. The van der Waals surface area contributed by atoms with Gasteiger partial charge in [-0.2, -0.15) is 4.98 Å². The smallest absolute Gasteiger partial charge is 0.228 e. The Morgan fingerprint density at radius 2 is 2.05 bits per heavy atom. The molecule has 3 N–H and O–H groups in total. The van der Waals surface area contributed by atoms with Crippen LogP contribution in [0.4, 0.5) is 0 Å². The molecule has 0 spiro atoms. The molecule has 1 aromatic heterocycles. The van der Waals surface area contributed by atoms with Crippen LogP contribution in [0.15, 0.2) is 4.52 Å². The molecule has 2 rings (SSSR count). The molecule has 0 bridgehead atoms. The van der Waals surface area contributed by atoms with Gasteiger partial charge in [0.25, 0.3) is 0 Å². The number of aromatic nitrogens is 2. The number of aryl methyl sites for hydroxylation is 1. The van der Waals surface area contributed by atoms with Crippen molar-refractivity contribution in [2.75, 3.05) is 13.1 Å². The molecule has 0 atom stereocenters. The van der Waals surface area contributed by atoms with E-state index in [2.05, 4.69) is 15.5 Å². The zero-order chi connectivity index (χ0) is 14.4. The highest BCUT2D eigenvalue weighted by atomic mass is 16.5. The number of hydrogen-bond acceptors (Lipinski definition) is 5. The van der Waals surface area contributed by atoms with Crippen molar-refractivity contribution in [3.63, 3.8) is 0 Å². The molecule has 1 aliphatic rings. The van der Waals surface area contributed by atoms with Crippen molar-refractivity contribution in [2.24, 2.45) is 11.1 Å². The van der Waals surface area contributed by atoms with Gasteiger partial charge in [0.05, 0.1) is 5.41 Å². The largest absolute Gasteiger partial charge is 0.355 e. The quantitative estimate of drug-likeness (QED) is 0.794. The molecule has 1 saturated carbocycles. The molecular formula is C14H24N4O2. The second kappa shape index (κ2) is 6.83. The van der Waals surface area contributed by atoms with Crippen LogP contribution in [0.3, 0.4) is 0 Å². The Kier molecular flexibility index (Phi) is 5.11. The zero-order valence-corrected chi connectivity index (χ0v) is 12.2. The van der Waals surface area contributed by atoms with Crippen LogP contribution in [0.25, 0.3) is 0 Å². The normalized spacial score (nSPS) is 18.5. The fourth-order valence-corrected chi connectivity index (χ4v) is 2.84. The summed E-state index contributed by atoms with van der Waals surface area (Å²) in [4.78, 5) is 16.6. The standard InChI is InChI=1S/C14H24N4O2/c1-11-17-12(20-18-11)6-9-16-13(19)14(10-15)7-4-2-3-5-8-14/h2-10,15H2,1H3,(H,16,19). The van der Waals surface area contributed by atoms with Crippen molar-refractivity contribution in [2.45, 2.75) is 51.9 Å². The Hall–Kier alpha value is -1.43. The number of nitrogens with zero attached hydrogens (tertiary/aromatic N) is 2.